The number of urea groups is 1. The Labute approximate surface area is 106 Å². The lowest BCUT2D eigenvalue weighted by atomic mass is 9.96. The van der Waals surface area contributed by atoms with Gasteiger partial charge in [0.2, 0.25) is 0 Å². The molecule has 5 heteroatoms. The summed E-state index contributed by atoms with van der Waals surface area (Å²) in [5.41, 5.74) is 0. The molecule has 1 aliphatic rings. The van der Waals surface area contributed by atoms with Crippen LogP contribution in [0.25, 0.3) is 0 Å². The van der Waals surface area contributed by atoms with Crippen molar-refractivity contribution >= 4 is 17.4 Å². The van der Waals surface area contributed by atoms with Crippen molar-refractivity contribution in [3.05, 3.63) is 16.1 Å². The van der Waals surface area contributed by atoms with E-state index in [1.54, 1.807) is 11.3 Å². The fraction of sp³-hybridized carbons (Fsp3) is 0.667. The van der Waals surface area contributed by atoms with Gasteiger partial charge in [0.05, 0.1) is 6.54 Å². The zero-order valence-corrected chi connectivity index (χ0v) is 11.0. The molecule has 0 radical (unpaired) electrons. The number of amides is 2. The van der Waals surface area contributed by atoms with Crippen LogP contribution in [-0.2, 0) is 6.54 Å². The molecule has 1 fully saturated rings. The van der Waals surface area contributed by atoms with Gasteiger partial charge in [-0.3, -0.25) is 0 Å². The van der Waals surface area contributed by atoms with Crippen molar-refractivity contribution in [1.29, 1.82) is 0 Å². The van der Waals surface area contributed by atoms with E-state index in [2.05, 4.69) is 15.6 Å². The Morgan fingerprint density at radius 3 is 2.88 bits per heavy atom. The highest BCUT2D eigenvalue weighted by Crippen LogP contribution is 2.17. The van der Waals surface area contributed by atoms with Crippen LogP contribution >= 0.6 is 11.3 Å². The summed E-state index contributed by atoms with van der Waals surface area (Å²) >= 11 is 1.62. The number of thiazole rings is 1. The van der Waals surface area contributed by atoms with Crippen LogP contribution in [0.1, 0.15) is 42.0 Å². The first-order valence-corrected chi connectivity index (χ1v) is 7.01. The van der Waals surface area contributed by atoms with Gasteiger partial charge in [-0.15, -0.1) is 11.3 Å². The first-order chi connectivity index (χ1) is 8.24. The quantitative estimate of drug-likeness (QED) is 0.870. The Morgan fingerprint density at radius 1 is 1.47 bits per heavy atom. The Bertz CT molecular complexity index is 372. The van der Waals surface area contributed by atoms with Crippen LogP contribution < -0.4 is 10.6 Å². The van der Waals surface area contributed by atoms with E-state index in [9.17, 15) is 4.79 Å². The van der Waals surface area contributed by atoms with Gasteiger partial charge in [-0.25, -0.2) is 9.78 Å². The van der Waals surface area contributed by atoms with E-state index in [1.165, 1.54) is 24.1 Å². The maximum absolute atomic E-state index is 11.6. The fourth-order valence-corrected chi connectivity index (χ4v) is 2.85. The highest BCUT2D eigenvalue weighted by Gasteiger charge is 2.15. The first kappa shape index (κ1) is 12.4. The van der Waals surface area contributed by atoms with E-state index >= 15 is 0 Å². The van der Waals surface area contributed by atoms with Gasteiger partial charge in [0, 0.05) is 17.1 Å². The molecule has 4 nitrogen and oxygen atoms in total. The molecule has 0 saturated heterocycles. The third-order valence-corrected chi connectivity index (χ3v) is 3.92. The molecule has 1 aromatic rings. The van der Waals surface area contributed by atoms with Gasteiger partial charge in [-0.1, -0.05) is 19.3 Å². The lowest BCUT2D eigenvalue weighted by Crippen LogP contribution is -2.42. The number of carbonyl (C=O) groups excluding carboxylic acids is 1. The van der Waals surface area contributed by atoms with E-state index in [-0.39, 0.29) is 6.03 Å². The highest BCUT2D eigenvalue weighted by molar-refractivity contribution is 7.11. The smallest absolute Gasteiger partial charge is 0.315 e. The lowest BCUT2D eigenvalue weighted by molar-refractivity contribution is 0.232. The van der Waals surface area contributed by atoms with Crippen LogP contribution in [-0.4, -0.2) is 17.1 Å². The van der Waals surface area contributed by atoms with E-state index in [1.807, 2.05) is 13.1 Å². The van der Waals surface area contributed by atoms with Gasteiger partial charge in [0.25, 0.3) is 0 Å². The molecule has 2 rings (SSSR count). The third kappa shape index (κ3) is 4.00. The highest BCUT2D eigenvalue weighted by atomic mass is 32.1. The molecule has 0 atom stereocenters. The van der Waals surface area contributed by atoms with Gasteiger partial charge in [0.1, 0.15) is 5.01 Å². The Balaban J connectivity index is 1.70. The van der Waals surface area contributed by atoms with E-state index < -0.39 is 0 Å². The molecule has 2 amide bonds. The number of carbonyl (C=O) groups is 1. The summed E-state index contributed by atoms with van der Waals surface area (Å²) in [5, 5.41) is 6.84. The second kappa shape index (κ2) is 6.00. The predicted molar refractivity (Wildman–Crippen MR) is 69.1 cm³/mol. The molecule has 0 unspecified atom stereocenters. The van der Waals surface area contributed by atoms with Crippen LogP contribution in [0.2, 0.25) is 0 Å². The number of aryl methyl sites for hydroxylation is 1. The second-order valence-electron chi connectivity index (χ2n) is 4.53. The maximum Gasteiger partial charge on any atom is 0.315 e. The Kier molecular flexibility index (Phi) is 4.36. The molecular formula is C12H19N3OS. The van der Waals surface area contributed by atoms with Gasteiger partial charge >= 0.3 is 6.03 Å². The van der Waals surface area contributed by atoms with Crippen molar-refractivity contribution in [2.24, 2.45) is 0 Å². The van der Waals surface area contributed by atoms with Gasteiger partial charge in [-0.05, 0) is 19.8 Å². The second-order valence-corrected chi connectivity index (χ2v) is 5.85. The number of aromatic nitrogens is 1. The minimum absolute atomic E-state index is 0.0650. The third-order valence-electron chi connectivity index (χ3n) is 3.01. The number of nitrogens with one attached hydrogen (secondary N) is 2. The maximum atomic E-state index is 11.6. The molecule has 0 aromatic carbocycles. The summed E-state index contributed by atoms with van der Waals surface area (Å²) in [7, 11) is 0. The SMILES string of the molecule is Cc1cnc(CNC(=O)NC2CCCCC2)s1. The number of hydrogen-bond acceptors (Lipinski definition) is 3. The van der Waals surface area contributed by atoms with Crippen LogP contribution in [0.3, 0.4) is 0 Å². The van der Waals surface area contributed by atoms with E-state index in [0.717, 1.165) is 17.8 Å². The summed E-state index contributed by atoms with van der Waals surface area (Å²) in [6.45, 7) is 2.54. The summed E-state index contributed by atoms with van der Waals surface area (Å²) < 4.78 is 0. The zero-order chi connectivity index (χ0) is 12.1. The topological polar surface area (TPSA) is 54.0 Å². The molecule has 17 heavy (non-hydrogen) atoms. The minimum Gasteiger partial charge on any atom is -0.335 e. The molecular weight excluding hydrogens is 234 g/mol. The summed E-state index contributed by atoms with van der Waals surface area (Å²) in [6, 6.07) is 0.298. The van der Waals surface area contributed by atoms with Crippen molar-refractivity contribution < 1.29 is 4.79 Å². The van der Waals surface area contributed by atoms with Crippen LogP contribution in [0.4, 0.5) is 4.79 Å². The van der Waals surface area contributed by atoms with Crippen LogP contribution in [0.15, 0.2) is 6.20 Å². The summed E-state index contributed by atoms with van der Waals surface area (Å²) in [4.78, 5) is 17.0. The van der Waals surface area contributed by atoms with Gasteiger partial charge < -0.3 is 10.6 Å². The van der Waals surface area contributed by atoms with Crippen molar-refractivity contribution in [2.45, 2.75) is 51.6 Å². The van der Waals surface area contributed by atoms with Gasteiger partial charge in [0.15, 0.2) is 0 Å². The zero-order valence-electron chi connectivity index (χ0n) is 10.2. The average molecular weight is 253 g/mol. The fourth-order valence-electron chi connectivity index (χ4n) is 2.12. The molecule has 0 spiro atoms. The normalized spacial score (nSPS) is 16.8. The Hall–Kier alpha value is -1.10. The molecule has 94 valence electrons. The largest absolute Gasteiger partial charge is 0.335 e. The van der Waals surface area contributed by atoms with Crippen LogP contribution in [0, 0.1) is 6.92 Å². The number of nitrogens with zero attached hydrogens (tertiary/aromatic N) is 1. The number of rotatable bonds is 3. The molecule has 0 bridgehead atoms. The molecule has 1 heterocycles. The van der Waals surface area contributed by atoms with Gasteiger partial charge in [-0.2, -0.15) is 0 Å². The van der Waals surface area contributed by atoms with E-state index in [4.69, 9.17) is 0 Å². The predicted octanol–water partition coefficient (Wildman–Crippen LogP) is 2.58. The minimum atomic E-state index is -0.0650. The first-order valence-electron chi connectivity index (χ1n) is 6.20. The Morgan fingerprint density at radius 2 is 2.24 bits per heavy atom. The molecule has 1 saturated carbocycles. The molecule has 1 aliphatic carbocycles. The van der Waals surface area contributed by atoms with Crippen molar-refractivity contribution in [3.8, 4) is 0 Å². The summed E-state index contributed by atoms with van der Waals surface area (Å²) in [5.74, 6) is 0. The van der Waals surface area contributed by atoms with E-state index in [0.29, 0.717) is 12.6 Å². The molecule has 1 aromatic heterocycles. The molecule has 2 N–H and O–H groups in total. The summed E-state index contributed by atoms with van der Waals surface area (Å²) in [6.07, 6.45) is 7.83. The average Bonchev–Trinajstić information content (AvgIpc) is 2.74. The van der Waals surface area contributed by atoms with Crippen molar-refractivity contribution in [3.63, 3.8) is 0 Å². The van der Waals surface area contributed by atoms with Crippen LogP contribution in [0.5, 0.6) is 0 Å². The monoisotopic (exact) mass is 253 g/mol. The lowest BCUT2D eigenvalue weighted by Gasteiger charge is -2.22. The van der Waals surface area contributed by atoms with Crippen molar-refractivity contribution in [1.82, 2.24) is 15.6 Å². The standard InChI is InChI=1S/C12H19N3OS/c1-9-7-13-11(17-9)8-14-12(16)15-10-5-3-2-4-6-10/h7,10H,2-6,8H2,1H3,(H2,14,15,16). The van der Waals surface area contributed by atoms with Crippen molar-refractivity contribution in [2.75, 3.05) is 0 Å². The molecule has 0 aliphatic heterocycles. The number of hydrogen-bond donors (Lipinski definition) is 2.